The minimum atomic E-state index is -0.257. The van der Waals surface area contributed by atoms with Gasteiger partial charge in [0.2, 0.25) is 0 Å². The summed E-state index contributed by atoms with van der Waals surface area (Å²) in [5.74, 6) is -0.198. The molecular weight excluding hydrogens is 288 g/mol. The van der Waals surface area contributed by atoms with Crippen LogP contribution in [-0.4, -0.2) is 23.7 Å². The van der Waals surface area contributed by atoms with Gasteiger partial charge < -0.3 is 4.74 Å². The van der Waals surface area contributed by atoms with Crippen LogP contribution in [-0.2, 0) is 16.0 Å². The fraction of sp³-hybridized carbons (Fsp3) is 0.417. The number of thioether (sulfide) groups is 1. The van der Waals surface area contributed by atoms with Gasteiger partial charge in [-0.3, -0.25) is 4.79 Å². The number of ether oxygens (including phenoxy) is 1. The second-order valence-electron chi connectivity index (χ2n) is 3.27. The van der Waals surface area contributed by atoms with Gasteiger partial charge in [0.15, 0.2) is 0 Å². The van der Waals surface area contributed by atoms with Gasteiger partial charge in [0.05, 0.1) is 6.61 Å². The van der Waals surface area contributed by atoms with Crippen LogP contribution in [0.15, 0.2) is 29.2 Å². The molecule has 0 bridgehead atoms. The van der Waals surface area contributed by atoms with Crippen molar-refractivity contribution in [3.05, 3.63) is 29.8 Å². The molecule has 0 fully saturated rings. The van der Waals surface area contributed by atoms with Gasteiger partial charge in [0.25, 0.3) is 0 Å². The van der Waals surface area contributed by atoms with E-state index in [0.29, 0.717) is 13.0 Å². The predicted molar refractivity (Wildman–Crippen MR) is 71.3 cm³/mol. The van der Waals surface area contributed by atoms with Gasteiger partial charge in [-0.05, 0) is 37.3 Å². The SMILES string of the molecule is CCOC(=O)C(Br)Cc1ccc(SC)cc1. The first-order chi connectivity index (χ1) is 7.67. The molecule has 0 radical (unpaired) electrons. The van der Waals surface area contributed by atoms with Crippen LogP contribution >= 0.6 is 27.7 Å². The zero-order chi connectivity index (χ0) is 12.0. The number of carbonyl (C=O) groups is 1. The second kappa shape index (κ2) is 6.97. The van der Waals surface area contributed by atoms with Crippen LogP contribution < -0.4 is 0 Å². The summed E-state index contributed by atoms with van der Waals surface area (Å²) in [6.07, 6.45) is 2.70. The molecule has 2 nitrogen and oxygen atoms in total. The first kappa shape index (κ1) is 13.6. The summed E-state index contributed by atoms with van der Waals surface area (Å²) in [5.41, 5.74) is 1.13. The van der Waals surface area contributed by atoms with Crippen molar-refractivity contribution in [2.75, 3.05) is 12.9 Å². The molecule has 4 heteroatoms. The van der Waals surface area contributed by atoms with E-state index in [2.05, 4.69) is 28.1 Å². The maximum absolute atomic E-state index is 11.4. The van der Waals surface area contributed by atoms with Crippen LogP contribution in [0.3, 0.4) is 0 Å². The third-order valence-corrected chi connectivity index (χ3v) is 3.56. The van der Waals surface area contributed by atoms with Crippen molar-refractivity contribution in [1.29, 1.82) is 0 Å². The molecular formula is C12H15BrO2S. The van der Waals surface area contributed by atoms with Gasteiger partial charge in [-0.1, -0.05) is 28.1 Å². The van der Waals surface area contributed by atoms with E-state index in [0.717, 1.165) is 5.56 Å². The van der Waals surface area contributed by atoms with Crippen molar-refractivity contribution in [2.24, 2.45) is 0 Å². The average molecular weight is 303 g/mol. The Morgan fingerprint density at radius 1 is 1.44 bits per heavy atom. The Balaban J connectivity index is 2.55. The van der Waals surface area contributed by atoms with E-state index >= 15 is 0 Å². The molecule has 0 saturated heterocycles. The third-order valence-electron chi connectivity index (χ3n) is 2.12. The number of halogens is 1. The molecule has 16 heavy (non-hydrogen) atoms. The maximum Gasteiger partial charge on any atom is 0.320 e. The summed E-state index contributed by atoms with van der Waals surface area (Å²) in [7, 11) is 0. The highest BCUT2D eigenvalue weighted by Gasteiger charge is 2.16. The van der Waals surface area contributed by atoms with Crippen LogP contribution in [0.1, 0.15) is 12.5 Å². The molecule has 0 heterocycles. The molecule has 88 valence electrons. The summed E-state index contributed by atoms with van der Waals surface area (Å²) in [6, 6.07) is 8.20. The summed E-state index contributed by atoms with van der Waals surface area (Å²) < 4.78 is 4.93. The van der Waals surface area contributed by atoms with Crippen LogP contribution in [0.4, 0.5) is 0 Å². The van der Waals surface area contributed by atoms with E-state index in [1.165, 1.54) is 4.90 Å². The van der Waals surface area contributed by atoms with E-state index in [1.54, 1.807) is 11.8 Å². The lowest BCUT2D eigenvalue weighted by Crippen LogP contribution is -2.19. The Morgan fingerprint density at radius 3 is 2.56 bits per heavy atom. The van der Waals surface area contributed by atoms with Gasteiger partial charge >= 0.3 is 5.97 Å². The van der Waals surface area contributed by atoms with E-state index in [-0.39, 0.29) is 10.8 Å². The summed E-state index contributed by atoms with van der Waals surface area (Å²) in [6.45, 7) is 2.23. The Morgan fingerprint density at radius 2 is 2.06 bits per heavy atom. The number of esters is 1. The number of hydrogen-bond donors (Lipinski definition) is 0. The van der Waals surface area contributed by atoms with Crippen LogP contribution in [0, 0.1) is 0 Å². The lowest BCUT2D eigenvalue weighted by molar-refractivity contribution is -0.142. The Labute approximate surface area is 109 Å². The average Bonchev–Trinajstić information content (AvgIpc) is 2.30. The van der Waals surface area contributed by atoms with E-state index in [1.807, 2.05) is 25.3 Å². The monoisotopic (exact) mass is 302 g/mol. The zero-order valence-corrected chi connectivity index (χ0v) is 11.8. The van der Waals surface area contributed by atoms with E-state index in [4.69, 9.17) is 4.74 Å². The number of carbonyl (C=O) groups excluding carboxylic acids is 1. The highest BCUT2D eigenvalue weighted by molar-refractivity contribution is 9.10. The Hall–Kier alpha value is -0.480. The maximum atomic E-state index is 11.4. The Kier molecular flexibility index (Phi) is 5.91. The molecule has 1 unspecified atom stereocenters. The second-order valence-corrected chi connectivity index (χ2v) is 5.26. The van der Waals surface area contributed by atoms with Crippen molar-refractivity contribution in [3.63, 3.8) is 0 Å². The van der Waals surface area contributed by atoms with Crippen molar-refractivity contribution in [1.82, 2.24) is 0 Å². The molecule has 0 N–H and O–H groups in total. The molecule has 1 rings (SSSR count). The van der Waals surface area contributed by atoms with Gasteiger partial charge in [0, 0.05) is 4.90 Å². The number of benzene rings is 1. The topological polar surface area (TPSA) is 26.3 Å². The van der Waals surface area contributed by atoms with Gasteiger partial charge in [-0.25, -0.2) is 0 Å². The van der Waals surface area contributed by atoms with Crippen LogP contribution in [0.2, 0.25) is 0 Å². The summed E-state index contributed by atoms with van der Waals surface area (Å²) in [5, 5.41) is 0. The third kappa shape index (κ3) is 4.18. The standard InChI is InChI=1S/C12H15BrO2S/c1-3-15-12(14)11(13)8-9-4-6-10(16-2)7-5-9/h4-7,11H,3,8H2,1-2H3. The molecule has 0 aliphatic rings. The lowest BCUT2D eigenvalue weighted by Gasteiger charge is -2.09. The molecule has 0 spiro atoms. The lowest BCUT2D eigenvalue weighted by atomic mass is 10.1. The molecule has 1 aromatic rings. The first-order valence-corrected chi connectivity index (χ1v) is 7.25. The fourth-order valence-electron chi connectivity index (χ4n) is 1.28. The molecule has 1 atom stereocenters. The van der Waals surface area contributed by atoms with Crippen LogP contribution in [0.25, 0.3) is 0 Å². The number of alkyl halides is 1. The van der Waals surface area contributed by atoms with E-state index < -0.39 is 0 Å². The quantitative estimate of drug-likeness (QED) is 0.474. The van der Waals surface area contributed by atoms with Crippen molar-refractivity contribution in [2.45, 2.75) is 23.1 Å². The first-order valence-electron chi connectivity index (χ1n) is 5.11. The predicted octanol–water partition coefficient (Wildman–Crippen LogP) is 3.28. The molecule has 0 saturated carbocycles. The molecule has 0 aliphatic carbocycles. The molecule has 0 aliphatic heterocycles. The number of hydrogen-bond acceptors (Lipinski definition) is 3. The highest BCUT2D eigenvalue weighted by atomic mass is 79.9. The summed E-state index contributed by atoms with van der Waals surface area (Å²) in [4.78, 5) is 12.4. The Bertz CT molecular complexity index is 337. The normalized spacial score (nSPS) is 12.2. The fourth-order valence-corrected chi connectivity index (χ4v) is 2.20. The smallest absolute Gasteiger partial charge is 0.320 e. The van der Waals surface area contributed by atoms with Gasteiger partial charge in [-0.2, -0.15) is 0 Å². The zero-order valence-electron chi connectivity index (χ0n) is 9.40. The molecule has 1 aromatic carbocycles. The minimum Gasteiger partial charge on any atom is -0.465 e. The van der Waals surface area contributed by atoms with Gasteiger partial charge in [-0.15, -0.1) is 11.8 Å². The molecule has 0 aromatic heterocycles. The minimum absolute atomic E-state index is 0.198. The summed E-state index contributed by atoms with van der Waals surface area (Å²) >= 11 is 5.04. The number of rotatable bonds is 5. The van der Waals surface area contributed by atoms with Gasteiger partial charge in [0.1, 0.15) is 4.83 Å². The largest absolute Gasteiger partial charge is 0.465 e. The van der Waals surface area contributed by atoms with Crippen molar-refractivity contribution in [3.8, 4) is 0 Å². The molecule has 0 amide bonds. The van der Waals surface area contributed by atoms with Crippen LogP contribution in [0.5, 0.6) is 0 Å². The highest BCUT2D eigenvalue weighted by Crippen LogP contribution is 2.17. The van der Waals surface area contributed by atoms with E-state index in [9.17, 15) is 4.79 Å². The van der Waals surface area contributed by atoms with Crippen molar-refractivity contribution >= 4 is 33.7 Å². The van der Waals surface area contributed by atoms with Crippen molar-refractivity contribution < 1.29 is 9.53 Å².